The van der Waals surface area contributed by atoms with E-state index in [1.54, 1.807) is 0 Å². The second kappa shape index (κ2) is 8.75. The van der Waals surface area contributed by atoms with E-state index in [-0.39, 0.29) is 33.9 Å². The van der Waals surface area contributed by atoms with Crippen LogP contribution in [-0.4, -0.2) is 34.0 Å². The Labute approximate surface area is 151 Å². The zero-order chi connectivity index (χ0) is 20.7. The van der Waals surface area contributed by atoms with Crippen molar-refractivity contribution >= 4 is 34.7 Å². The number of esters is 1. The first-order valence-corrected chi connectivity index (χ1v) is 6.99. The van der Waals surface area contributed by atoms with Gasteiger partial charge in [-0.2, -0.15) is 0 Å². The zero-order valence-electron chi connectivity index (χ0n) is 13.8. The molecule has 2 aromatic rings. The van der Waals surface area contributed by atoms with Gasteiger partial charge in [-0.1, -0.05) is 12.1 Å². The lowest BCUT2D eigenvalue weighted by molar-refractivity contribution is -0.384. The van der Waals surface area contributed by atoms with Crippen LogP contribution in [0.1, 0.15) is 20.7 Å². The lowest BCUT2D eigenvalue weighted by Crippen LogP contribution is -2.07. The molecule has 5 N–H and O–H groups in total. The van der Waals surface area contributed by atoms with E-state index in [1.807, 2.05) is 0 Å². The molecule has 0 aromatic heterocycles. The van der Waals surface area contributed by atoms with Crippen molar-refractivity contribution in [1.29, 1.82) is 0 Å². The van der Waals surface area contributed by atoms with E-state index < -0.39 is 21.8 Å². The van der Waals surface area contributed by atoms with E-state index in [0.29, 0.717) is 0 Å². The number of aromatic carboxylic acids is 1. The number of nitrogens with zero attached hydrogens (tertiary/aromatic N) is 2. The van der Waals surface area contributed by atoms with Crippen LogP contribution in [0.3, 0.4) is 0 Å². The number of carboxylic acids is 1. The van der Waals surface area contributed by atoms with Crippen molar-refractivity contribution in [1.82, 2.24) is 0 Å². The number of hydrogen-bond acceptors (Lipinski definition) is 9. The molecule has 0 fully saturated rings. The van der Waals surface area contributed by atoms with Crippen LogP contribution in [0.2, 0.25) is 0 Å². The third kappa shape index (κ3) is 4.88. The molecule has 0 aliphatic heterocycles. The molecule has 0 aliphatic carbocycles. The van der Waals surface area contributed by atoms with Crippen LogP contribution >= 0.6 is 0 Å². The first-order valence-electron chi connectivity index (χ1n) is 6.99. The Morgan fingerprint density at radius 1 is 0.926 bits per heavy atom. The summed E-state index contributed by atoms with van der Waals surface area (Å²) in [5, 5.41) is 29.4. The van der Waals surface area contributed by atoms with Crippen molar-refractivity contribution in [3.63, 3.8) is 0 Å². The quantitative estimate of drug-likeness (QED) is 0.305. The van der Waals surface area contributed by atoms with Gasteiger partial charge in [0.2, 0.25) is 0 Å². The number of anilines is 2. The fourth-order valence-corrected chi connectivity index (χ4v) is 1.90. The summed E-state index contributed by atoms with van der Waals surface area (Å²) in [7, 11) is 1.18. The Balaban J connectivity index is 0.000000271. The van der Waals surface area contributed by atoms with Gasteiger partial charge in [0.15, 0.2) is 0 Å². The molecule has 0 unspecified atom stereocenters. The van der Waals surface area contributed by atoms with Crippen LogP contribution in [0.4, 0.5) is 22.7 Å². The van der Waals surface area contributed by atoms with Gasteiger partial charge in [0.05, 0.1) is 28.1 Å². The topological polar surface area (TPSA) is 202 Å². The number of nitro groups is 2. The molecule has 0 spiro atoms. The summed E-state index contributed by atoms with van der Waals surface area (Å²) in [6.07, 6.45) is 0. The maximum absolute atomic E-state index is 11.1. The van der Waals surface area contributed by atoms with E-state index >= 15 is 0 Å². The fraction of sp³-hybridized carbons (Fsp3) is 0.0667. The molecule has 0 heterocycles. The highest BCUT2D eigenvalue weighted by Gasteiger charge is 2.19. The van der Waals surface area contributed by atoms with Gasteiger partial charge in [0, 0.05) is 12.1 Å². The maximum atomic E-state index is 11.1. The van der Waals surface area contributed by atoms with E-state index in [1.165, 1.54) is 37.4 Å². The number of hydrogen-bond donors (Lipinski definition) is 3. The van der Waals surface area contributed by atoms with Gasteiger partial charge in [-0.05, 0) is 12.1 Å². The number of nitrogens with two attached hydrogens (primary N) is 2. The van der Waals surface area contributed by atoms with Gasteiger partial charge >= 0.3 is 11.9 Å². The van der Waals surface area contributed by atoms with Crippen LogP contribution < -0.4 is 11.5 Å². The fourth-order valence-electron chi connectivity index (χ4n) is 1.90. The van der Waals surface area contributed by atoms with Crippen LogP contribution in [0.25, 0.3) is 0 Å². The van der Waals surface area contributed by atoms with Gasteiger partial charge in [0.25, 0.3) is 11.4 Å². The minimum absolute atomic E-state index is 0.00157. The van der Waals surface area contributed by atoms with Crippen molar-refractivity contribution in [2.45, 2.75) is 0 Å². The first-order chi connectivity index (χ1) is 12.6. The second-order valence-corrected chi connectivity index (χ2v) is 4.79. The molecule has 142 valence electrons. The molecule has 12 heteroatoms. The van der Waals surface area contributed by atoms with Crippen molar-refractivity contribution in [3.8, 4) is 0 Å². The maximum Gasteiger partial charge on any atom is 0.340 e. The van der Waals surface area contributed by atoms with Crippen molar-refractivity contribution in [2.75, 3.05) is 18.6 Å². The van der Waals surface area contributed by atoms with E-state index in [9.17, 15) is 29.8 Å². The number of rotatable bonds is 4. The molecule has 12 nitrogen and oxygen atoms in total. The lowest BCUT2D eigenvalue weighted by atomic mass is 10.1. The highest BCUT2D eigenvalue weighted by molar-refractivity contribution is 5.97. The number of nitro benzene ring substituents is 2. The predicted octanol–water partition coefficient (Wildman–Crippen LogP) is 1.84. The first kappa shape index (κ1) is 20.8. The minimum Gasteiger partial charge on any atom is -0.478 e. The Hall–Kier alpha value is -4.22. The Kier molecular flexibility index (Phi) is 6.75. The second-order valence-electron chi connectivity index (χ2n) is 4.79. The summed E-state index contributed by atoms with van der Waals surface area (Å²) in [6, 6.07) is 7.61. The van der Waals surface area contributed by atoms with Gasteiger partial charge < -0.3 is 21.3 Å². The van der Waals surface area contributed by atoms with Gasteiger partial charge in [-0.3, -0.25) is 20.2 Å². The molecule has 2 aromatic carbocycles. The number of nitrogen functional groups attached to an aromatic ring is 2. The van der Waals surface area contributed by atoms with Crippen LogP contribution in [0, 0.1) is 20.2 Å². The van der Waals surface area contributed by atoms with Crippen molar-refractivity contribution in [3.05, 3.63) is 67.8 Å². The Morgan fingerprint density at radius 3 is 1.70 bits per heavy atom. The molecular formula is C15H14N4O8. The summed E-state index contributed by atoms with van der Waals surface area (Å²) < 4.78 is 4.41. The summed E-state index contributed by atoms with van der Waals surface area (Å²) in [5.74, 6) is -1.97. The predicted molar refractivity (Wildman–Crippen MR) is 93.3 cm³/mol. The molecule has 0 saturated carbocycles. The zero-order valence-corrected chi connectivity index (χ0v) is 13.8. The number of carboxylic acid groups (broad SMARTS) is 1. The van der Waals surface area contributed by atoms with Crippen LogP contribution in [0.15, 0.2) is 36.4 Å². The number of ether oxygens (including phenoxy) is 1. The minimum atomic E-state index is -1.28. The number of methoxy groups -OCH3 is 1. The van der Waals surface area contributed by atoms with E-state index in [0.717, 1.165) is 6.07 Å². The SMILES string of the molecule is COC(=O)c1cccc([N+](=O)[O-])c1N.Nc1c(C(=O)O)cccc1[N+](=O)[O-]. The van der Waals surface area contributed by atoms with Gasteiger partial charge in [0.1, 0.15) is 11.4 Å². The average molecular weight is 378 g/mol. The summed E-state index contributed by atoms with van der Waals surface area (Å²) in [6.45, 7) is 0. The van der Waals surface area contributed by atoms with Crippen LogP contribution in [-0.2, 0) is 4.74 Å². The monoisotopic (exact) mass is 378 g/mol. The summed E-state index contributed by atoms with van der Waals surface area (Å²) in [4.78, 5) is 41.0. The summed E-state index contributed by atoms with van der Waals surface area (Å²) in [5.41, 5.74) is 9.24. The average Bonchev–Trinajstić information content (AvgIpc) is 2.61. The smallest absolute Gasteiger partial charge is 0.340 e. The number of para-hydroxylation sites is 2. The molecule has 0 bridgehead atoms. The highest BCUT2D eigenvalue weighted by atomic mass is 16.6. The largest absolute Gasteiger partial charge is 0.478 e. The van der Waals surface area contributed by atoms with Crippen molar-refractivity contribution in [2.24, 2.45) is 0 Å². The molecule has 0 radical (unpaired) electrons. The summed E-state index contributed by atoms with van der Waals surface area (Å²) >= 11 is 0. The Morgan fingerprint density at radius 2 is 1.33 bits per heavy atom. The van der Waals surface area contributed by atoms with Crippen molar-refractivity contribution < 1.29 is 29.3 Å². The Bertz CT molecular complexity index is 880. The van der Waals surface area contributed by atoms with Crippen LogP contribution in [0.5, 0.6) is 0 Å². The standard InChI is InChI=1S/C8H8N2O4.C7H6N2O4/c1-14-8(11)5-3-2-4-6(7(5)9)10(12)13;8-6-4(7(10)11)2-1-3-5(6)9(12)13/h2-4H,9H2,1H3;1-3H,8H2,(H,10,11). The normalized spacial score (nSPS) is 9.52. The van der Waals surface area contributed by atoms with E-state index in [2.05, 4.69) is 4.74 Å². The molecular weight excluding hydrogens is 364 g/mol. The number of benzene rings is 2. The van der Waals surface area contributed by atoms with Gasteiger partial charge in [-0.25, -0.2) is 9.59 Å². The molecule has 2 rings (SSSR count). The third-order valence-corrected chi connectivity index (χ3v) is 3.20. The molecule has 0 amide bonds. The molecule has 0 atom stereocenters. The van der Waals surface area contributed by atoms with E-state index in [4.69, 9.17) is 16.6 Å². The molecule has 0 aliphatic rings. The lowest BCUT2D eigenvalue weighted by Gasteiger charge is -2.02. The molecule has 27 heavy (non-hydrogen) atoms. The number of carbonyl (C=O) groups excluding carboxylic acids is 1. The highest BCUT2D eigenvalue weighted by Crippen LogP contribution is 2.25. The van der Waals surface area contributed by atoms with Gasteiger partial charge in [-0.15, -0.1) is 0 Å². The number of carbonyl (C=O) groups is 2. The molecule has 0 saturated heterocycles. The third-order valence-electron chi connectivity index (χ3n) is 3.20.